The molecular weight excluding hydrogens is 236 g/mol. The van der Waals surface area contributed by atoms with Crippen LogP contribution in [-0.2, 0) is 20.0 Å². The molecule has 0 saturated heterocycles. The van der Waals surface area contributed by atoms with Crippen molar-refractivity contribution in [3.05, 3.63) is 23.3 Å². The summed E-state index contributed by atoms with van der Waals surface area (Å²) in [4.78, 5) is 9.67. The smallest absolute Gasteiger partial charge is 0.143 e. The Balaban J connectivity index is 2.19. The van der Waals surface area contributed by atoms with Crippen LogP contribution in [0.1, 0.15) is 55.6 Å². The van der Waals surface area contributed by atoms with E-state index in [0.29, 0.717) is 12.5 Å². The average Bonchev–Trinajstić information content (AvgIpc) is 3.06. The lowest BCUT2D eigenvalue weighted by Crippen LogP contribution is -2.06. The lowest BCUT2D eigenvalue weighted by atomic mass is 10.1. The highest BCUT2D eigenvalue weighted by Crippen LogP contribution is 2.34. The first kappa shape index (κ1) is 12.6. The molecule has 0 aromatic carbocycles. The fourth-order valence-corrected chi connectivity index (χ4v) is 3.23. The Hall–Kier alpha value is -1.42. The zero-order valence-electron chi connectivity index (χ0n) is 11.8. The van der Waals surface area contributed by atoms with Gasteiger partial charge in [0.1, 0.15) is 11.5 Å². The molecule has 3 rings (SSSR count). The monoisotopic (exact) mass is 258 g/mol. The van der Waals surface area contributed by atoms with Gasteiger partial charge in [-0.05, 0) is 24.8 Å². The van der Waals surface area contributed by atoms with Crippen LogP contribution in [0, 0.1) is 0 Å². The van der Waals surface area contributed by atoms with E-state index in [1.54, 1.807) is 0 Å². The van der Waals surface area contributed by atoms with Crippen molar-refractivity contribution in [1.82, 2.24) is 14.5 Å². The van der Waals surface area contributed by atoms with E-state index in [0.717, 1.165) is 29.1 Å². The Morgan fingerprint density at radius 3 is 2.68 bits per heavy atom. The van der Waals surface area contributed by atoms with Crippen LogP contribution >= 0.6 is 0 Å². The molecule has 0 unspecified atom stereocenters. The Bertz CT molecular complexity index is 594. The fraction of sp³-hybridized carbons (Fsp3) is 0.600. The predicted octanol–water partition coefficient (Wildman–Crippen LogP) is 2.65. The molecule has 19 heavy (non-hydrogen) atoms. The summed E-state index contributed by atoms with van der Waals surface area (Å²) in [5.41, 5.74) is 9.21. The second kappa shape index (κ2) is 4.93. The second-order valence-corrected chi connectivity index (χ2v) is 5.53. The predicted molar refractivity (Wildman–Crippen MR) is 77.0 cm³/mol. The Morgan fingerprint density at radius 1 is 1.32 bits per heavy atom. The summed E-state index contributed by atoms with van der Waals surface area (Å²) in [5.74, 6) is 1.61. The first-order chi connectivity index (χ1) is 9.24. The lowest BCUT2D eigenvalue weighted by molar-refractivity contribution is 0.664. The Morgan fingerprint density at radius 2 is 2.05 bits per heavy atom. The number of hydrogen-bond acceptors (Lipinski definition) is 3. The van der Waals surface area contributed by atoms with Crippen LogP contribution < -0.4 is 5.73 Å². The van der Waals surface area contributed by atoms with E-state index in [9.17, 15) is 0 Å². The fourth-order valence-electron chi connectivity index (χ4n) is 3.23. The van der Waals surface area contributed by atoms with Crippen LogP contribution in [0.2, 0.25) is 0 Å². The van der Waals surface area contributed by atoms with Gasteiger partial charge in [0.25, 0.3) is 0 Å². The molecule has 4 heteroatoms. The third kappa shape index (κ3) is 2.04. The maximum atomic E-state index is 5.84. The number of aryl methyl sites for hydroxylation is 2. The van der Waals surface area contributed by atoms with Gasteiger partial charge in [-0.25, -0.2) is 9.97 Å². The van der Waals surface area contributed by atoms with Crippen molar-refractivity contribution in [2.24, 2.45) is 12.8 Å². The highest BCUT2D eigenvalue weighted by Gasteiger charge is 2.22. The van der Waals surface area contributed by atoms with Gasteiger partial charge in [-0.15, -0.1) is 0 Å². The van der Waals surface area contributed by atoms with Gasteiger partial charge in [0.15, 0.2) is 0 Å². The van der Waals surface area contributed by atoms with Crippen LogP contribution in [0.4, 0.5) is 0 Å². The quantitative estimate of drug-likeness (QED) is 0.920. The molecule has 2 aromatic heterocycles. The van der Waals surface area contributed by atoms with Crippen molar-refractivity contribution >= 4 is 11.0 Å². The molecule has 0 spiro atoms. The molecule has 2 aromatic rings. The summed E-state index contributed by atoms with van der Waals surface area (Å²) >= 11 is 0. The highest BCUT2D eigenvalue weighted by molar-refractivity contribution is 5.83. The number of nitrogens with zero attached hydrogens (tertiary/aromatic N) is 3. The van der Waals surface area contributed by atoms with Crippen LogP contribution in [0.25, 0.3) is 11.0 Å². The number of rotatable bonds is 3. The number of hydrogen-bond donors (Lipinski definition) is 1. The summed E-state index contributed by atoms with van der Waals surface area (Å²) in [5, 5.41) is 1.18. The van der Waals surface area contributed by atoms with Gasteiger partial charge in [0, 0.05) is 31.1 Å². The first-order valence-electron chi connectivity index (χ1n) is 7.29. The van der Waals surface area contributed by atoms with Crippen molar-refractivity contribution < 1.29 is 0 Å². The number of nitrogens with two attached hydrogens (primary N) is 1. The molecule has 4 nitrogen and oxygen atoms in total. The van der Waals surface area contributed by atoms with Gasteiger partial charge < -0.3 is 10.3 Å². The number of aromatic nitrogens is 3. The van der Waals surface area contributed by atoms with Crippen LogP contribution in [0.5, 0.6) is 0 Å². The SMILES string of the molecule is CCc1nc(C2CCCC2)nc2c1c(CN)cn2C. The maximum Gasteiger partial charge on any atom is 0.143 e. The minimum absolute atomic E-state index is 0.552. The lowest BCUT2D eigenvalue weighted by Gasteiger charge is -2.11. The van der Waals surface area contributed by atoms with Gasteiger partial charge >= 0.3 is 0 Å². The zero-order chi connectivity index (χ0) is 13.4. The largest absolute Gasteiger partial charge is 0.335 e. The summed E-state index contributed by atoms with van der Waals surface area (Å²) in [6.07, 6.45) is 8.14. The van der Waals surface area contributed by atoms with E-state index in [4.69, 9.17) is 15.7 Å². The third-order valence-electron chi connectivity index (χ3n) is 4.26. The molecule has 0 bridgehead atoms. The molecular formula is C15H22N4. The van der Waals surface area contributed by atoms with Crippen molar-refractivity contribution in [1.29, 1.82) is 0 Å². The van der Waals surface area contributed by atoms with Crippen molar-refractivity contribution in [3.63, 3.8) is 0 Å². The van der Waals surface area contributed by atoms with Crippen molar-refractivity contribution in [3.8, 4) is 0 Å². The molecule has 1 aliphatic carbocycles. The molecule has 0 aliphatic heterocycles. The van der Waals surface area contributed by atoms with Gasteiger partial charge in [-0.3, -0.25) is 0 Å². The van der Waals surface area contributed by atoms with E-state index >= 15 is 0 Å². The van der Waals surface area contributed by atoms with Gasteiger partial charge in [-0.1, -0.05) is 19.8 Å². The van der Waals surface area contributed by atoms with E-state index in [1.165, 1.54) is 31.1 Å². The molecule has 0 atom stereocenters. The average molecular weight is 258 g/mol. The van der Waals surface area contributed by atoms with Crippen molar-refractivity contribution in [2.75, 3.05) is 0 Å². The summed E-state index contributed by atoms with van der Waals surface area (Å²) in [6, 6.07) is 0. The van der Waals surface area contributed by atoms with Gasteiger partial charge in [-0.2, -0.15) is 0 Å². The normalized spacial score (nSPS) is 16.6. The molecule has 0 amide bonds. The van der Waals surface area contributed by atoms with E-state index < -0.39 is 0 Å². The van der Waals surface area contributed by atoms with Crippen LogP contribution in [0.3, 0.4) is 0 Å². The molecule has 2 heterocycles. The number of fused-ring (bicyclic) bond motifs is 1. The van der Waals surface area contributed by atoms with Crippen LogP contribution in [-0.4, -0.2) is 14.5 Å². The molecule has 1 saturated carbocycles. The minimum atomic E-state index is 0.552. The molecule has 1 aliphatic rings. The summed E-state index contributed by atoms with van der Waals surface area (Å²) < 4.78 is 2.09. The third-order valence-corrected chi connectivity index (χ3v) is 4.26. The topological polar surface area (TPSA) is 56.7 Å². The van der Waals surface area contributed by atoms with E-state index in [-0.39, 0.29) is 0 Å². The Kier molecular flexibility index (Phi) is 3.27. The second-order valence-electron chi connectivity index (χ2n) is 5.53. The Labute approximate surface area is 114 Å². The summed E-state index contributed by atoms with van der Waals surface area (Å²) in [6.45, 7) is 2.71. The first-order valence-corrected chi connectivity index (χ1v) is 7.29. The zero-order valence-corrected chi connectivity index (χ0v) is 11.8. The van der Waals surface area contributed by atoms with E-state index in [1.807, 2.05) is 7.05 Å². The van der Waals surface area contributed by atoms with Crippen molar-refractivity contribution in [2.45, 2.75) is 51.5 Å². The maximum absolute atomic E-state index is 5.84. The van der Waals surface area contributed by atoms with Crippen LogP contribution in [0.15, 0.2) is 6.20 Å². The van der Waals surface area contributed by atoms with Gasteiger partial charge in [0.05, 0.1) is 5.69 Å². The molecule has 102 valence electrons. The standard InChI is InChI=1S/C15H22N4/c1-3-12-13-11(8-16)9-19(2)15(13)18-14(17-12)10-6-4-5-7-10/h9-10H,3-8,16H2,1-2H3. The molecule has 0 radical (unpaired) electrons. The molecule has 2 N–H and O–H groups in total. The van der Waals surface area contributed by atoms with Gasteiger partial charge in [0.2, 0.25) is 0 Å². The minimum Gasteiger partial charge on any atom is -0.335 e. The molecule has 1 fully saturated rings. The summed E-state index contributed by atoms with van der Waals surface area (Å²) in [7, 11) is 2.05. The van der Waals surface area contributed by atoms with E-state index in [2.05, 4.69) is 17.7 Å². The highest BCUT2D eigenvalue weighted by atomic mass is 15.0.